The molecule has 0 saturated carbocycles. The molecule has 10 heteroatoms. The van der Waals surface area contributed by atoms with Crippen molar-refractivity contribution in [3.63, 3.8) is 0 Å². The molecule has 37 heavy (non-hydrogen) atoms. The van der Waals surface area contributed by atoms with E-state index in [1.807, 2.05) is 21.1 Å². The van der Waals surface area contributed by atoms with Crippen LogP contribution in [0.1, 0.15) is 110 Å². The minimum Gasteiger partial charge on any atom is -0.462 e. The smallest absolute Gasteiger partial charge is 0.462 e. The molecule has 0 aromatic carbocycles. The number of esters is 2. The summed E-state index contributed by atoms with van der Waals surface area (Å²) < 4.78 is 32.7. The number of hydrogen-bond acceptors (Lipinski definition) is 7. The first-order valence-corrected chi connectivity index (χ1v) is 15.7. The van der Waals surface area contributed by atoms with E-state index < -0.39 is 26.5 Å². The quantitative estimate of drug-likeness (QED) is 0.0620. The van der Waals surface area contributed by atoms with Crippen molar-refractivity contribution >= 4 is 19.8 Å². The van der Waals surface area contributed by atoms with Crippen LogP contribution in [0.4, 0.5) is 0 Å². The number of rotatable bonds is 25. The lowest BCUT2D eigenvalue weighted by Gasteiger charge is -2.24. The molecule has 0 radical (unpaired) electrons. The van der Waals surface area contributed by atoms with E-state index in [2.05, 4.69) is 6.92 Å². The predicted molar refractivity (Wildman–Crippen MR) is 146 cm³/mol. The van der Waals surface area contributed by atoms with Gasteiger partial charge in [0.1, 0.15) is 19.8 Å². The van der Waals surface area contributed by atoms with Crippen LogP contribution in [0, 0.1) is 0 Å². The molecule has 1 unspecified atom stereocenters. The lowest BCUT2D eigenvalue weighted by molar-refractivity contribution is -0.870. The molecule has 0 aliphatic carbocycles. The zero-order valence-corrected chi connectivity index (χ0v) is 25.1. The molecule has 0 fully saturated rings. The van der Waals surface area contributed by atoms with Crippen molar-refractivity contribution in [1.82, 2.24) is 0 Å². The molecule has 1 N–H and O–H groups in total. The van der Waals surface area contributed by atoms with Crippen LogP contribution in [0.2, 0.25) is 0 Å². The number of hydrogen-bond donors (Lipinski definition) is 1. The van der Waals surface area contributed by atoms with Gasteiger partial charge in [0.15, 0.2) is 6.10 Å². The molecule has 0 aromatic rings. The number of carbonyl (C=O) groups is 2. The summed E-state index contributed by atoms with van der Waals surface area (Å²) in [5, 5.41) is 0. The number of ether oxygens (including phenoxy) is 2. The summed E-state index contributed by atoms with van der Waals surface area (Å²) in [4.78, 5) is 33.2. The minimum absolute atomic E-state index is 0.0314. The van der Waals surface area contributed by atoms with E-state index in [1.54, 1.807) is 0 Å². The number of phosphoric acid groups is 1. The van der Waals surface area contributed by atoms with Crippen LogP contribution in [0.5, 0.6) is 0 Å². The maximum Gasteiger partial charge on any atom is 0.472 e. The predicted octanol–water partition coefficient (Wildman–Crippen LogP) is 6.17. The van der Waals surface area contributed by atoms with Crippen molar-refractivity contribution in [2.45, 2.75) is 116 Å². The largest absolute Gasteiger partial charge is 0.472 e. The third-order valence-electron chi connectivity index (χ3n) is 5.94. The second kappa shape index (κ2) is 21.9. The van der Waals surface area contributed by atoms with Gasteiger partial charge in [-0.25, -0.2) is 4.57 Å². The summed E-state index contributed by atoms with van der Waals surface area (Å²) >= 11 is 0. The van der Waals surface area contributed by atoms with Crippen LogP contribution >= 0.6 is 7.82 Å². The lowest BCUT2D eigenvalue weighted by Crippen LogP contribution is -2.37. The Balaban J connectivity index is 3.91. The Morgan fingerprint density at radius 2 is 1.27 bits per heavy atom. The fourth-order valence-corrected chi connectivity index (χ4v) is 4.46. The van der Waals surface area contributed by atoms with Crippen molar-refractivity contribution in [1.29, 1.82) is 0 Å². The Bertz CT molecular complexity index is 638. The summed E-state index contributed by atoms with van der Waals surface area (Å²) in [5.74, 6) is -0.988. The van der Waals surface area contributed by atoms with Crippen molar-refractivity contribution in [3.8, 4) is 0 Å². The Morgan fingerprint density at radius 3 is 1.73 bits per heavy atom. The van der Waals surface area contributed by atoms with Gasteiger partial charge in [0.2, 0.25) is 0 Å². The van der Waals surface area contributed by atoms with Gasteiger partial charge in [-0.05, 0) is 6.42 Å². The minimum atomic E-state index is -4.31. The van der Waals surface area contributed by atoms with Gasteiger partial charge in [-0.3, -0.25) is 18.6 Å². The number of quaternary nitrogens is 1. The summed E-state index contributed by atoms with van der Waals surface area (Å²) in [6.45, 7) is 3.35. The molecule has 0 aromatic heterocycles. The van der Waals surface area contributed by atoms with E-state index in [0.29, 0.717) is 17.4 Å². The van der Waals surface area contributed by atoms with Crippen molar-refractivity contribution in [2.75, 3.05) is 47.5 Å². The third kappa shape index (κ3) is 26.4. The Kier molecular flexibility index (Phi) is 21.3. The average molecular weight is 553 g/mol. The summed E-state index contributed by atoms with van der Waals surface area (Å²) in [5.41, 5.74) is 0. The van der Waals surface area contributed by atoms with Crippen LogP contribution in [-0.2, 0) is 32.7 Å². The molecule has 0 spiro atoms. The van der Waals surface area contributed by atoms with E-state index >= 15 is 0 Å². The molecular formula is C27H55NO8P+. The molecule has 2 atom stereocenters. The Hall–Kier alpha value is -0.990. The molecule has 0 rings (SSSR count). The van der Waals surface area contributed by atoms with Gasteiger partial charge in [-0.15, -0.1) is 0 Å². The van der Waals surface area contributed by atoms with Crippen LogP contribution in [0.3, 0.4) is 0 Å². The SMILES string of the molecule is CCCCCCCCCCCCCCCCC(=O)OC[C@H](COP(=O)(O)OCC[N+](C)(C)C)OC(C)=O. The van der Waals surface area contributed by atoms with Crippen LogP contribution in [0.15, 0.2) is 0 Å². The van der Waals surface area contributed by atoms with Crippen LogP contribution in [-0.4, -0.2) is 74.9 Å². The summed E-state index contributed by atoms with van der Waals surface area (Å²) in [6.07, 6.45) is 16.7. The maximum absolute atomic E-state index is 12.1. The number of phosphoric ester groups is 1. The van der Waals surface area contributed by atoms with Crippen LogP contribution < -0.4 is 0 Å². The first-order valence-electron chi connectivity index (χ1n) is 14.2. The molecular weight excluding hydrogens is 497 g/mol. The Labute approximate surface area is 225 Å². The molecule has 0 heterocycles. The van der Waals surface area contributed by atoms with E-state index in [1.165, 1.54) is 77.6 Å². The molecule has 0 amide bonds. The lowest BCUT2D eigenvalue weighted by atomic mass is 10.0. The third-order valence-corrected chi connectivity index (χ3v) is 6.92. The molecule has 9 nitrogen and oxygen atoms in total. The normalized spacial score (nSPS) is 14.2. The van der Waals surface area contributed by atoms with Gasteiger partial charge in [-0.1, -0.05) is 90.4 Å². The van der Waals surface area contributed by atoms with Gasteiger partial charge >= 0.3 is 19.8 Å². The maximum atomic E-state index is 12.1. The zero-order valence-electron chi connectivity index (χ0n) is 24.2. The molecule has 0 bridgehead atoms. The van der Waals surface area contributed by atoms with E-state index in [-0.39, 0.29) is 19.2 Å². The van der Waals surface area contributed by atoms with Crippen molar-refractivity contribution in [3.05, 3.63) is 0 Å². The molecule has 0 aliphatic rings. The fraction of sp³-hybridized carbons (Fsp3) is 0.926. The first kappa shape index (κ1) is 36.0. The van der Waals surface area contributed by atoms with Crippen molar-refractivity contribution < 1.29 is 42.1 Å². The first-order chi connectivity index (χ1) is 17.4. The monoisotopic (exact) mass is 552 g/mol. The molecule has 0 saturated heterocycles. The fourth-order valence-electron chi connectivity index (χ4n) is 3.72. The topological polar surface area (TPSA) is 108 Å². The standard InChI is InChI=1S/C27H54NO8P/c1-6-7-8-9-10-11-12-13-14-15-16-17-18-19-20-27(30)33-23-26(36-25(2)29)24-35-37(31,32)34-22-21-28(3,4)5/h26H,6-24H2,1-5H3/p+1/t26-/m1/s1. The summed E-state index contributed by atoms with van der Waals surface area (Å²) in [6, 6.07) is 0. The average Bonchev–Trinajstić information content (AvgIpc) is 2.79. The number of carbonyl (C=O) groups excluding carboxylic acids is 2. The van der Waals surface area contributed by atoms with E-state index in [0.717, 1.165) is 19.3 Å². The van der Waals surface area contributed by atoms with Gasteiger partial charge in [0.25, 0.3) is 0 Å². The van der Waals surface area contributed by atoms with Gasteiger partial charge in [0.05, 0.1) is 27.7 Å². The number of unbranched alkanes of at least 4 members (excludes halogenated alkanes) is 13. The highest BCUT2D eigenvalue weighted by Gasteiger charge is 2.26. The highest BCUT2D eigenvalue weighted by atomic mass is 31.2. The van der Waals surface area contributed by atoms with Gasteiger partial charge in [-0.2, -0.15) is 0 Å². The zero-order chi connectivity index (χ0) is 28.0. The highest BCUT2D eigenvalue weighted by molar-refractivity contribution is 7.47. The van der Waals surface area contributed by atoms with E-state index in [9.17, 15) is 19.0 Å². The molecule has 0 aliphatic heterocycles. The van der Waals surface area contributed by atoms with Gasteiger partial charge in [0, 0.05) is 13.3 Å². The molecule has 220 valence electrons. The number of nitrogens with zero attached hydrogens (tertiary/aromatic N) is 1. The van der Waals surface area contributed by atoms with E-state index in [4.69, 9.17) is 18.5 Å². The Morgan fingerprint density at radius 1 is 0.784 bits per heavy atom. The summed E-state index contributed by atoms with van der Waals surface area (Å²) in [7, 11) is 1.47. The van der Waals surface area contributed by atoms with Crippen LogP contribution in [0.25, 0.3) is 0 Å². The van der Waals surface area contributed by atoms with Crippen molar-refractivity contribution in [2.24, 2.45) is 0 Å². The second-order valence-corrected chi connectivity index (χ2v) is 12.3. The number of likely N-dealkylation sites (N-methyl/N-ethyl adjacent to an activating group) is 1. The second-order valence-electron chi connectivity index (χ2n) is 10.9. The van der Waals surface area contributed by atoms with Gasteiger partial charge < -0.3 is 18.9 Å². The highest BCUT2D eigenvalue weighted by Crippen LogP contribution is 2.43.